The number of nitrogens with one attached hydrogen (secondary N) is 1. The average molecular weight is 374 g/mol. The van der Waals surface area contributed by atoms with E-state index >= 15 is 0 Å². The summed E-state index contributed by atoms with van der Waals surface area (Å²) >= 11 is 6.04. The molecule has 2 N–H and O–H groups in total. The first-order valence-electron chi connectivity index (χ1n) is 7.64. The lowest BCUT2D eigenvalue weighted by Crippen LogP contribution is -2.12. The number of rotatable bonds is 5. The Morgan fingerprint density at radius 1 is 1.00 bits per heavy atom. The highest BCUT2D eigenvalue weighted by atomic mass is 35.5. The van der Waals surface area contributed by atoms with Crippen LogP contribution in [0.2, 0.25) is 5.02 Å². The molecular weight excluding hydrogens is 358 g/mol. The topological polar surface area (TPSA) is 77.0 Å². The summed E-state index contributed by atoms with van der Waals surface area (Å²) in [7, 11) is 2.93. The molecule has 0 fully saturated rings. The molecule has 0 saturated carbocycles. The molecule has 3 rings (SSSR count). The van der Waals surface area contributed by atoms with E-state index in [-0.39, 0.29) is 11.3 Å². The second-order valence-corrected chi connectivity index (χ2v) is 5.80. The Kier molecular flexibility index (Phi) is 5.04. The zero-order valence-electron chi connectivity index (χ0n) is 14.1. The number of phenols is 1. The van der Waals surface area contributed by atoms with Gasteiger partial charge in [0.15, 0.2) is 0 Å². The van der Waals surface area contributed by atoms with Crippen molar-refractivity contribution < 1.29 is 24.2 Å². The number of methoxy groups -OCH3 is 2. The summed E-state index contributed by atoms with van der Waals surface area (Å²) in [6.45, 7) is 0. The predicted octanol–water partition coefficient (Wildman–Crippen LogP) is 4.40. The van der Waals surface area contributed by atoms with E-state index in [1.807, 2.05) is 24.3 Å². The molecule has 0 aromatic heterocycles. The largest absolute Gasteiger partial charge is 0.507 e. The summed E-state index contributed by atoms with van der Waals surface area (Å²) in [5.74, 6) is -0.161. The van der Waals surface area contributed by atoms with E-state index in [9.17, 15) is 9.90 Å². The Morgan fingerprint density at radius 2 is 1.65 bits per heavy atom. The summed E-state index contributed by atoms with van der Waals surface area (Å²) < 4.78 is 10.3. The van der Waals surface area contributed by atoms with Gasteiger partial charge in [-0.25, -0.2) is 10.3 Å². The van der Waals surface area contributed by atoms with Gasteiger partial charge in [0, 0.05) is 12.1 Å². The highest BCUT2D eigenvalue weighted by Crippen LogP contribution is 2.36. The van der Waals surface area contributed by atoms with Gasteiger partial charge in [0.2, 0.25) is 0 Å². The monoisotopic (exact) mass is 373 g/mol. The second kappa shape index (κ2) is 7.41. The number of phenolic OH excluding ortho intramolecular Hbond substituents is 1. The number of ether oxygens (including phenoxy) is 2. The molecule has 0 saturated heterocycles. The van der Waals surface area contributed by atoms with E-state index in [0.29, 0.717) is 22.2 Å². The second-order valence-electron chi connectivity index (χ2n) is 5.40. The maximum atomic E-state index is 12.4. The number of benzene rings is 3. The minimum absolute atomic E-state index is 0.0381. The van der Waals surface area contributed by atoms with Gasteiger partial charge in [-0.15, -0.1) is 0 Å². The van der Waals surface area contributed by atoms with Gasteiger partial charge >= 0.3 is 5.97 Å². The Morgan fingerprint density at radius 3 is 2.31 bits per heavy atom. The van der Waals surface area contributed by atoms with Gasteiger partial charge in [-0.2, -0.15) is 0 Å². The third kappa shape index (κ3) is 3.45. The van der Waals surface area contributed by atoms with Gasteiger partial charge in [0.1, 0.15) is 28.5 Å². The van der Waals surface area contributed by atoms with E-state index in [1.165, 1.54) is 32.4 Å². The molecule has 0 bridgehead atoms. The zero-order chi connectivity index (χ0) is 18.7. The first-order valence-corrected chi connectivity index (χ1v) is 8.01. The molecule has 0 amide bonds. The van der Waals surface area contributed by atoms with Gasteiger partial charge in [-0.05, 0) is 22.9 Å². The third-order valence-corrected chi connectivity index (χ3v) is 4.11. The van der Waals surface area contributed by atoms with Gasteiger partial charge in [-0.1, -0.05) is 35.9 Å². The molecule has 0 spiro atoms. The molecule has 0 aliphatic carbocycles. The number of hydrogen-bond acceptors (Lipinski definition) is 6. The van der Waals surface area contributed by atoms with Crippen molar-refractivity contribution in [1.29, 1.82) is 0 Å². The van der Waals surface area contributed by atoms with Crippen LogP contribution in [-0.4, -0.2) is 25.3 Å². The van der Waals surface area contributed by atoms with Gasteiger partial charge in [0.25, 0.3) is 0 Å². The number of carbonyl (C=O) groups excluding carboxylic acids is 1. The molecular formula is C19H16ClNO5. The predicted molar refractivity (Wildman–Crippen MR) is 99.2 cm³/mol. The Balaban J connectivity index is 1.84. The molecule has 0 unspecified atom stereocenters. The normalized spacial score (nSPS) is 10.4. The highest BCUT2D eigenvalue weighted by molar-refractivity contribution is 6.32. The Labute approximate surface area is 154 Å². The molecule has 3 aromatic rings. The van der Waals surface area contributed by atoms with Crippen LogP contribution < -0.4 is 15.0 Å². The van der Waals surface area contributed by atoms with Crippen molar-refractivity contribution in [2.75, 3.05) is 19.7 Å². The summed E-state index contributed by atoms with van der Waals surface area (Å²) in [4.78, 5) is 17.5. The SMILES string of the molecule is COc1cc(NOC(=O)c2cc3ccccc3cc2O)c(OC)cc1Cl. The Hall–Kier alpha value is -3.12. The molecule has 0 atom stereocenters. The van der Waals surface area contributed by atoms with E-state index in [2.05, 4.69) is 5.48 Å². The van der Waals surface area contributed by atoms with Crippen LogP contribution in [0, 0.1) is 0 Å². The van der Waals surface area contributed by atoms with Crippen molar-refractivity contribution in [2.45, 2.75) is 0 Å². The fourth-order valence-electron chi connectivity index (χ4n) is 2.49. The molecule has 6 nitrogen and oxygen atoms in total. The van der Waals surface area contributed by atoms with E-state index in [4.69, 9.17) is 25.9 Å². The van der Waals surface area contributed by atoms with Crippen LogP contribution in [0.1, 0.15) is 10.4 Å². The van der Waals surface area contributed by atoms with Crippen LogP contribution in [0.5, 0.6) is 17.2 Å². The zero-order valence-corrected chi connectivity index (χ0v) is 14.8. The average Bonchev–Trinajstić information content (AvgIpc) is 2.65. The quantitative estimate of drug-likeness (QED) is 0.645. The number of anilines is 1. The number of carbonyl (C=O) groups is 1. The minimum atomic E-state index is -0.746. The van der Waals surface area contributed by atoms with E-state index < -0.39 is 5.97 Å². The summed E-state index contributed by atoms with van der Waals surface area (Å²) in [5, 5.41) is 12.1. The standard InChI is InChI=1S/C19H16ClNO5/c1-24-17-10-15(18(25-2)9-14(17)20)21-26-19(23)13-7-11-5-3-4-6-12(11)8-16(13)22/h3-10,21-22H,1-2H3. The highest BCUT2D eigenvalue weighted by Gasteiger charge is 2.16. The molecule has 0 heterocycles. The molecule has 134 valence electrons. The van der Waals surface area contributed by atoms with Crippen LogP contribution in [0.15, 0.2) is 48.5 Å². The minimum Gasteiger partial charge on any atom is -0.507 e. The van der Waals surface area contributed by atoms with Crippen molar-refractivity contribution in [2.24, 2.45) is 0 Å². The van der Waals surface area contributed by atoms with Crippen LogP contribution in [-0.2, 0) is 4.84 Å². The van der Waals surface area contributed by atoms with Crippen molar-refractivity contribution in [3.63, 3.8) is 0 Å². The van der Waals surface area contributed by atoms with Crippen molar-refractivity contribution >= 4 is 34.0 Å². The van der Waals surface area contributed by atoms with Crippen LogP contribution in [0.4, 0.5) is 5.69 Å². The number of hydrogen-bond donors (Lipinski definition) is 2. The fraction of sp³-hybridized carbons (Fsp3) is 0.105. The maximum Gasteiger partial charge on any atom is 0.366 e. The van der Waals surface area contributed by atoms with Crippen molar-refractivity contribution in [3.8, 4) is 17.2 Å². The first kappa shape index (κ1) is 17.7. The maximum absolute atomic E-state index is 12.4. The van der Waals surface area contributed by atoms with Crippen molar-refractivity contribution in [3.05, 3.63) is 59.1 Å². The lowest BCUT2D eigenvalue weighted by Gasteiger charge is -2.14. The molecule has 3 aromatic carbocycles. The lowest BCUT2D eigenvalue weighted by molar-refractivity contribution is 0.0592. The Bertz CT molecular complexity index is 974. The number of fused-ring (bicyclic) bond motifs is 1. The third-order valence-electron chi connectivity index (χ3n) is 3.81. The van der Waals surface area contributed by atoms with E-state index in [1.54, 1.807) is 6.07 Å². The molecule has 0 aliphatic rings. The smallest absolute Gasteiger partial charge is 0.366 e. The summed E-state index contributed by atoms with van der Waals surface area (Å²) in [6.07, 6.45) is 0. The van der Waals surface area contributed by atoms with Crippen molar-refractivity contribution in [1.82, 2.24) is 0 Å². The van der Waals surface area contributed by atoms with Crippen LogP contribution in [0.25, 0.3) is 10.8 Å². The number of aromatic hydroxyl groups is 1. The van der Waals surface area contributed by atoms with E-state index in [0.717, 1.165) is 10.8 Å². The fourth-order valence-corrected chi connectivity index (χ4v) is 2.72. The molecule has 0 radical (unpaired) electrons. The van der Waals surface area contributed by atoms with Gasteiger partial charge in [-0.3, -0.25) is 0 Å². The first-order chi connectivity index (χ1) is 12.5. The van der Waals surface area contributed by atoms with Crippen LogP contribution in [0.3, 0.4) is 0 Å². The van der Waals surface area contributed by atoms with Gasteiger partial charge < -0.3 is 19.4 Å². The molecule has 0 aliphatic heterocycles. The van der Waals surface area contributed by atoms with Gasteiger partial charge in [0.05, 0.1) is 19.2 Å². The lowest BCUT2D eigenvalue weighted by atomic mass is 10.1. The summed E-state index contributed by atoms with van der Waals surface area (Å²) in [6, 6.07) is 13.5. The molecule has 26 heavy (non-hydrogen) atoms. The summed E-state index contributed by atoms with van der Waals surface area (Å²) in [5.41, 5.74) is 2.90. The molecule has 7 heteroatoms. The number of halogens is 1. The van der Waals surface area contributed by atoms with Crippen LogP contribution >= 0.6 is 11.6 Å².